The van der Waals surface area contributed by atoms with Crippen LogP contribution in [-0.4, -0.2) is 23.0 Å². The Hall–Kier alpha value is 0.700. The molecule has 0 spiro atoms. The number of hydrogen-bond acceptors (Lipinski definition) is 2. The Kier molecular flexibility index (Phi) is 80.4. The minimum Gasteiger partial charge on any atom is -0.162 e. The van der Waals surface area contributed by atoms with Gasteiger partial charge in [-0.15, -0.1) is 0 Å². The molecule has 0 rings (SSSR count). The van der Waals surface area contributed by atoms with Gasteiger partial charge in [-0.2, -0.15) is 23.5 Å². The SMILES string of the molecule is CCCCCCCCCCCCCCCCCCCCCCCCCCCSCCCCCCCCCCCCCCCCCCCCCCCCCCCCC(CCCCCCCCCCCCCCCCCCCCCCC)SC. The standard InChI is InChI=1S/C80H162S2/c1-4-6-8-10-12-14-16-18-20-22-24-26-27-31-34-38-42-46-50-54-58-62-66-70-74-78-82-79-75-71-67-63-59-55-51-47-43-39-35-32-29-28-30-33-37-41-45-49-53-57-61-65-69-73-77-80(81-3)76-72-68-64-60-56-52-48-44-40-36-25-23-21-19-17-15-13-11-9-7-5-2/h80H,4-79H2,1-3H3. The second-order valence-corrected chi connectivity index (χ2v) is 30.2. The smallest absolute Gasteiger partial charge is 0.00442 e. The van der Waals surface area contributed by atoms with Crippen LogP contribution in [0.15, 0.2) is 0 Å². The third-order valence-corrected chi connectivity index (χ3v) is 21.7. The van der Waals surface area contributed by atoms with Crippen LogP contribution < -0.4 is 0 Å². The van der Waals surface area contributed by atoms with E-state index in [4.69, 9.17) is 0 Å². The van der Waals surface area contributed by atoms with Gasteiger partial charge in [-0.1, -0.05) is 463 Å². The Balaban J connectivity index is 3.17. The summed E-state index contributed by atoms with van der Waals surface area (Å²) in [5.74, 6) is 2.83. The van der Waals surface area contributed by atoms with Crippen LogP contribution in [-0.2, 0) is 0 Å². The van der Waals surface area contributed by atoms with E-state index in [9.17, 15) is 0 Å². The van der Waals surface area contributed by atoms with E-state index in [-0.39, 0.29) is 0 Å². The van der Waals surface area contributed by atoms with Crippen molar-refractivity contribution in [2.45, 2.75) is 494 Å². The van der Waals surface area contributed by atoms with E-state index in [2.05, 4.69) is 43.6 Å². The van der Waals surface area contributed by atoms with Crippen molar-refractivity contribution in [3.8, 4) is 0 Å². The molecule has 0 aliphatic rings. The van der Waals surface area contributed by atoms with Crippen molar-refractivity contribution in [1.29, 1.82) is 0 Å². The van der Waals surface area contributed by atoms with Crippen LogP contribution in [0.25, 0.3) is 0 Å². The zero-order valence-corrected chi connectivity index (χ0v) is 59.8. The van der Waals surface area contributed by atoms with Crippen molar-refractivity contribution in [1.82, 2.24) is 0 Å². The van der Waals surface area contributed by atoms with Gasteiger partial charge in [0.2, 0.25) is 0 Å². The van der Waals surface area contributed by atoms with Gasteiger partial charge in [0, 0.05) is 5.25 Å². The van der Waals surface area contributed by atoms with E-state index in [1.807, 2.05) is 0 Å². The van der Waals surface area contributed by atoms with Crippen molar-refractivity contribution in [3.63, 3.8) is 0 Å². The molecule has 0 nitrogen and oxygen atoms in total. The first-order valence-corrected chi connectivity index (χ1v) is 42.4. The monoisotopic (exact) mass is 1190 g/mol. The van der Waals surface area contributed by atoms with Crippen molar-refractivity contribution in [3.05, 3.63) is 0 Å². The summed E-state index contributed by atoms with van der Waals surface area (Å²) in [5.41, 5.74) is 0. The molecule has 0 amide bonds. The molecule has 0 radical (unpaired) electrons. The molecule has 0 heterocycles. The maximum Gasteiger partial charge on any atom is 0.00442 e. The summed E-state index contributed by atoms with van der Waals surface area (Å²) in [5, 5.41) is 0.928. The first-order chi connectivity index (χ1) is 40.8. The van der Waals surface area contributed by atoms with Crippen molar-refractivity contribution in [2.75, 3.05) is 17.8 Å². The second kappa shape index (κ2) is 79.7. The average Bonchev–Trinajstić information content (AvgIpc) is 3.49. The summed E-state index contributed by atoms with van der Waals surface area (Å²) in [6.07, 6.45) is 112. The Bertz CT molecular complexity index is 1040. The maximum absolute atomic E-state index is 2.37. The quantitative estimate of drug-likeness (QED) is 0.0557. The molecular formula is C80H162S2. The molecule has 0 N–H and O–H groups in total. The number of hydrogen-bond donors (Lipinski definition) is 0. The highest BCUT2D eigenvalue weighted by Gasteiger charge is 2.07. The number of rotatable bonds is 78. The molecule has 0 aromatic carbocycles. The molecule has 0 saturated heterocycles. The van der Waals surface area contributed by atoms with Gasteiger partial charge in [0.25, 0.3) is 0 Å². The van der Waals surface area contributed by atoms with Crippen LogP contribution >= 0.6 is 23.5 Å². The molecule has 1 unspecified atom stereocenters. The summed E-state index contributed by atoms with van der Waals surface area (Å²) in [7, 11) is 0. The van der Waals surface area contributed by atoms with Gasteiger partial charge in [-0.25, -0.2) is 0 Å². The highest BCUT2D eigenvalue weighted by Crippen LogP contribution is 2.24. The predicted octanol–water partition coefficient (Wildman–Crippen LogP) is 31.4. The lowest BCUT2D eigenvalue weighted by molar-refractivity contribution is 0.510. The Morgan fingerprint density at radius 3 is 0.415 bits per heavy atom. The molecule has 494 valence electrons. The van der Waals surface area contributed by atoms with Gasteiger partial charge in [-0.3, -0.25) is 0 Å². The molecule has 0 aliphatic heterocycles. The minimum atomic E-state index is 0.928. The molecular weight excluding hydrogens is 1030 g/mol. The topological polar surface area (TPSA) is 0 Å². The maximum atomic E-state index is 2.37. The van der Waals surface area contributed by atoms with Crippen LogP contribution in [0.4, 0.5) is 0 Å². The Morgan fingerprint density at radius 2 is 0.280 bits per heavy atom. The van der Waals surface area contributed by atoms with Gasteiger partial charge in [-0.05, 0) is 43.4 Å². The van der Waals surface area contributed by atoms with Gasteiger partial charge < -0.3 is 0 Å². The number of unbranched alkanes of at least 4 members (excludes halogenated alkanes) is 69. The van der Waals surface area contributed by atoms with Gasteiger partial charge in [0.15, 0.2) is 0 Å². The van der Waals surface area contributed by atoms with E-state index < -0.39 is 0 Å². The summed E-state index contributed by atoms with van der Waals surface area (Å²) in [4.78, 5) is 0. The lowest BCUT2D eigenvalue weighted by Gasteiger charge is -2.14. The van der Waals surface area contributed by atoms with Crippen LogP contribution in [0.3, 0.4) is 0 Å². The minimum absolute atomic E-state index is 0.928. The molecule has 0 aromatic rings. The van der Waals surface area contributed by atoms with E-state index >= 15 is 0 Å². The molecule has 0 fully saturated rings. The predicted molar refractivity (Wildman–Crippen MR) is 388 cm³/mol. The Labute approximate surface area is 532 Å². The fourth-order valence-electron chi connectivity index (χ4n) is 13.4. The first kappa shape index (κ1) is 82.7. The van der Waals surface area contributed by atoms with E-state index in [1.165, 1.54) is 487 Å². The largest absolute Gasteiger partial charge is 0.162 e. The van der Waals surface area contributed by atoms with Crippen LogP contribution in [0.1, 0.15) is 489 Å². The third-order valence-electron chi connectivity index (χ3n) is 19.4. The van der Waals surface area contributed by atoms with Crippen LogP contribution in [0.5, 0.6) is 0 Å². The molecule has 0 aliphatic carbocycles. The fraction of sp³-hybridized carbons (Fsp3) is 1.00. The van der Waals surface area contributed by atoms with Gasteiger partial charge >= 0.3 is 0 Å². The van der Waals surface area contributed by atoms with Crippen LogP contribution in [0.2, 0.25) is 0 Å². The summed E-state index contributed by atoms with van der Waals surface area (Å²) < 4.78 is 0. The normalized spacial score (nSPS) is 12.2. The number of thioether (sulfide) groups is 2. The van der Waals surface area contributed by atoms with E-state index in [1.54, 1.807) is 0 Å². The lowest BCUT2D eigenvalue weighted by atomic mass is 10.0. The highest BCUT2D eigenvalue weighted by atomic mass is 32.2. The summed E-state index contributed by atoms with van der Waals surface area (Å²) >= 11 is 4.40. The molecule has 1 atom stereocenters. The molecule has 0 saturated carbocycles. The van der Waals surface area contributed by atoms with Crippen molar-refractivity contribution in [2.24, 2.45) is 0 Å². The summed E-state index contributed by atoms with van der Waals surface area (Å²) in [6.45, 7) is 4.63. The van der Waals surface area contributed by atoms with Crippen molar-refractivity contribution >= 4 is 23.5 Å². The third kappa shape index (κ3) is 76.8. The highest BCUT2D eigenvalue weighted by molar-refractivity contribution is 7.99. The molecule has 82 heavy (non-hydrogen) atoms. The fourth-order valence-corrected chi connectivity index (χ4v) is 15.3. The average molecular weight is 1190 g/mol. The van der Waals surface area contributed by atoms with Gasteiger partial charge in [0.05, 0.1) is 0 Å². The van der Waals surface area contributed by atoms with E-state index in [0.29, 0.717) is 0 Å². The second-order valence-electron chi connectivity index (χ2n) is 27.8. The van der Waals surface area contributed by atoms with Gasteiger partial charge in [0.1, 0.15) is 0 Å². The zero-order chi connectivity index (χ0) is 58.7. The lowest BCUT2D eigenvalue weighted by Crippen LogP contribution is -2.02. The first-order valence-electron chi connectivity index (χ1n) is 40.0. The molecule has 2 heteroatoms. The van der Waals surface area contributed by atoms with Crippen molar-refractivity contribution < 1.29 is 0 Å². The zero-order valence-electron chi connectivity index (χ0n) is 58.1. The van der Waals surface area contributed by atoms with Crippen LogP contribution in [0, 0.1) is 0 Å². The summed E-state index contributed by atoms with van der Waals surface area (Å²) in [6, 6.07) is 0. The molecule has 0 aromatic heterocycles. The molecule has 0 bridgehead atoms. The Morgan fingerprint density at radius 1 is 0.159 bits per heavy atom. The van der Waals surface area contributed by atoms with E-state index in [0.717, 1.165) is 5.25 Å².